The molecule has 1 heterocycles. The average Bonchev–Trinajstić information content (AvgIpc) is 2.93. The fraction of sp³-hybridized carbons (Fsp3) is 0.292. The molecule has 28 heavy (non-hydrogen) atoms. The molecular formula is C24H20FNO2. The summed E-state index contributed by atoms with van der Waals surface area (Å²) in [4.78, 5) is 31.3. The molecule has 3 nitrogen and oxygen atoms in total. The van der Waals surface area contributed by atoms with E-state index >= 15 is 0 Å². The first-order valence-corrected chi connectivity index (χ1v) is 9.60. The van der Waals surface area contributed by atoms with Crippen LogP contribution in [-0.2, 0) is 4.79 Å². The molecule has 2 atom stereocenters. The van der Waals surface area contributed by atoms with Gasteiger partial charge in [-0.05, 0) is 29.5 Å². The van der Waals surface area contributed by atoms with Crippen LogP contribution < -0.4 is 0 Å². The molecule has 0 N–H and O–H groups in total. The lowest BCUT2D eigenvalue weighted by Crippen LogP contribution is -2.43. The number of nitrogens with zero attached hydrogens (tertiary/aromatic N) is 1. The summed E-state index contributed by atoms with van der Waals surface area (Å²) >= 11 is 0. The van der Waals surface area contributed by atoms with E-state index in [1.807, 2.05) is 24.3 Å². The van der Waals surface area contributed by atoms with Crippen molar-refractivity contribution in [3.05, 3.63) is 76.6 Å². The number of carbonyl (C=O) groups excluding carboxylic acids is 2. The Kier molecular flexibility index (Phi) is 3.57. The third kappa shape index (κ3) is 2.44. The third-order valence-corrected chi connectivity index (χ3v) is 6.07. The molecule has 1 aliphatic heterocycles. The van der Waals surface area contributed by atoms with Gasteiger partial charge >= 0.3 is 0 Å². The van der Waals surface area contributed by atoms with Crippen molar-refractivity contribution < 1.29 is 14.0 Å². The second-order valence-corrected chi connectivity index (χ2v) is 8.73. The van der Waals surface area contributed by atoms with Crippen LogP contribution in [0.15, 0.2) is 59.1 Å². The number of aliphatic imine (C=N–C) groups is 1. The lowest BCUT2D eigenvalue weighted by Gasteiger charge is -2.40. The Morgan fingerprint density at radius 3 is 2.32 bits per heavy atom. The summed E-state index contributed by atoms with van der Waals surface area (Å²) < 4.78 is 13.6. The van der Waals surface area contributed by atoms with Crippen LogP contribution in [0.25, 0.3) is 5.70 Å². The van der Waals surface area contributed by atoms with Gasteiger partial charge in [-0.15, -0.1) is 0 Å². The van der Waals surface area contributed by atoms with Gasteiger partial charge in [0.05, 0.1) is 11.6 Å². The Hall–Kier alpha value is -2.88. The second-order valence-electron chi connectivity index (χ2n) is 8.73. The van der Waals surface area contributed by atoms with E-state index in [4.69, 9.17) is 4.99 Å². The molecular weight excluding hydrogens is 353 g/mol. The van der Waals surface area contributed by atoms with Crippen molar-refractivity contribution >= 4 is 23.0 Å². The highest BCUT2D eigenvalue weighted by molar-refractivity contribution is 6.25. The fourth-order valence-corrected chi connectivity index (χ4v) is 4.95. The zero-order valence-corrected chi connectivity index (χ0v) is 15.8. The normalized spacial score (nSPS) is 25.2. The summed E-state index contributed by atoms with van der Waals surface area (Å²) in [5, 5.41) is 0. The summed E-state index contributed by atoms with van der Waals surface area (Å²) in [6.07, 6.45) is 1.17. The number of benzene rings is 2. The third-order valence-electron chi connectivity index (χ3n) is 6.07. The lowest BCUT2D eigenvalue weighted by molar-refractivity contribution is -0.124. The van der Waals surface area contributed by atoms with Crippen molar-refractivity contribution in [2.75, 3.05) is 0 Å². The van der Waals surface area contributed by atoms with Crippen LogP contribution in [0.2, 0.25) is 0 Å². The molecule has 0 bridgehead atoms. The second kappa shape index (κ2) is 5.81. The maximum absolute atomic E-state index is 13.6. The molecule has 1 unspecified atom stereocenters. The number of allylic oxidation sites excluding steroid dienone is 1. The number of ketones is 2. The van der Waals surface area contributed by atoms with E-state index in [9.17, 15) is 14.0 Å². The highest BCUT2D eigenvalue weighted by atomic mass is 19.1. The highest BCUT2D eigenvalue weighted by Crippen LogP contribution is 2.51. The largest absolute Gasteiger partial charge is 0.299 e. The van der Waals surface area contributed by atoms with Crippen LogP contribution in [0.4, 0.5) is 4.39 Å². The summed E-state index contributed by atoms with van der Waals surface area (Å²) in [6, 6.07) is 13.6. The number of fused-ring (bicyclic) bond motifs is 3. The Balaban J connectivity index is 1.75. The molecule has 3 aliphatic rings. The molecule has 2 aliphatic carbocycles. The van der Waals surface area contributed by atoms with Crippen LogP contribution in [-0.4, -0.2) is 17.3 Å². The molecule has 2 aromatic carbocycles. The predicted octanol–water partition coefficient (Wildman–Crippen LogP) is 4.98. The van der Waals surface area contributed by atoms with E-state index in [-0.39, 0.29) is 22.8 Å². The molecule has 1 saturated carbocycles. The number of carbonyl (C=O) groups is 2. The molecule has 2 aromatic rings. The van der Waals surface area contributed by atoms with Crippen molar-refractivity contribution in [1.82, 2.24) is 0 Å². The first-order chi connectivity index (χ1) is 13.4. The van der Waals surface area contributed by atoms with Crippen molar-refractivity contribution in [3.8, 4) is 0 Å². The van der Waals surface area contributed by atoms with Gasteiger partial charge in [-0.3, -0.25) is 14.6 Å². The SMILES string of the molecule is CC1(C)CC(=O)C2C(=NC3=C(C(=O)c4ccccc43)[C@@H]2c2ccc(F)cc2)C1. The predicted molar refractivity (Wildman–Crippen MR) is 106 cm³/mol. The van der Waals surface area contributed by atoms with E-state index in [2.05, 4.69) is 13.8 Å². The molecule has 0 amide bonds. The van der Waals surface area contributed by atoms with Gasteiger partial charge in [0.2, 0.25) is 0 Å². The van der Waals surface area contributed by atoms with Gasteiger partial charge in [0.1, 0.15) is 11.6 Å². The quantitative estimate of drug-likeness (QED) is 0.708. The fourth-order valence-electron chi connectivity index (χ4n) is 4.95. The molecule has 1 fully saturated rings. The summed E-state index contributed by atoms with van der Waals surface area (Å²) in [7, 11) is 0. The van der Waals surface area contributed by atoms with Gasteiger partial charge in [-0.25, -0.2) is 4.39 Å². The van der Waals surface area contributed by atoms with Crippen LogP contribution in [0, 0.1) is 17.2 Å². The molecule has 5 rings (SSSR count). The molecule has 0 radical (unpaired) electrons. The number of hydrogen-bond donors (Lipinski definition) is 0. The minimum absolute atomic E-state index is 0.0691. The van der Waals surface area contributed by atoms with Crippen LogP contribution in [0.1, 0.15) is 54.1 Å². The van der Waals surface area contributed by atoms with Crippen molar-refractivity contribution in [2.45, 2.75) is 32.6 Å². The monoisotopic (exact) mass is 373 g/mol. The van der Waals surface area contributed by atoms with Gasteiger partial charge in [0.15, 0.2) is 5.78 Å². The van der Waals surface area contributed by atoms with Gasteiger partial charge < -0.3 is 0 Å². The van der Waals surface area contributed by atoms with Gasteiger partial charge in [0, 0.05) is 34.8 Å². The van der Waals surface area contributed by atoms with Crippen LogP contribution in [0.5, 0.6) is 0 Å². The zero-order valence-electron chi connectivity index (χ0n) is 15.8. The molecule has 0 saturated heterocycles. The van der Waals surface area contributed by atoms with E-state index in [1.165, 1.54) is 12.1 Å². The number of Topliss-reactive ketones (excluding diaryl/α,β-unsaturated/α-hetero) is 2. The van der Waals surface area contributed by atoms with Crippen LogP contribution in [0.3, 0.4) is 0 Å². The molecule has 140 valence electrons. The van der Waals surface area contributed by atoms with E-state index in [1.54, 1.807) is 12.1 Å². The minimum Gasteiger partial charge on any atom is -0.299 e. The Morgan fingerprint density at radius 1 is 0.929 bits per heavy atom. The molecule has 0 spiro atoms. The lowest BCUT2D eigenvalue weighted by atomic mass is 9.63. The molecule has 0 aromatic heterocycles. The standard InChI is InChI=1S/C24H20FNO2/c1-24(2)11-17-20(18(27)12-24)19(13-7-9-14(25)10-8-13)21-22(26-17)15-5-3-4-6-16(15)23(21)28/h3-10,19-20H,11-12H2,1-2H3/t19-,20?/m1/s1. The summed E-state index contributed by atoms with van der Waals surface area (Å²) in [5.74, 6) is -1.15. The Morgan fingerprint density at radius 2 is 1.61 bits per heavy atom. The first kappa shape index (κ1) is 17.2. The zero-order chi connectivity index (χ0) is 19.6. The minimum atomic E-state index is -0.449. The number of halogens is 1. The number of rotatable bonds is 1. The Bertz CT molecular complexity index is 1090. The van der Waals surface area contributed by atoms with Crippen LogP contribution >= 0.6 is 0 Å². The Labute approximate surface area is 163 Å². The van der Waals surface area contributed by atoms with E-state index in [0.717, 1.165) is 16.8 Å². The summed E-state index contributed by atoms with van der Waals surface area (Å²) in [5.41, 5.74) is 4.21. The van der Waals surface area contributed by atoms with Gasteiger partial charge in [0.25, 0.3) is 0 Å². The van der Waals surface area contributed by atoms with E-state index in [0.29, 0.717) is 29.7 Å². The smallest absolute Gasteiger partial charge is 0.192 e. The maximum atomic E-state index is 13.6. The highest BCUT2D eigenvalue weighted by Gasteiger charge is 2.49. The van der Waals surface area contributed by atoms with Crippen molar-refractivity contribution in [2.24, 2.45) is 16.3 Å². The molecule has 4 heteroatoms. The summed E-state index contributed by atoms with van der Waals surface area (Å²) in [6.45, 7) is 4.16. The van der Waals surface area contributed by atoms with Gasteiger partial charge in [-0.2, -0.15) is 0 Å². The maximum Gasteiger partial charge on any atom is 0.192 e. The first-order valence-electron chi connectivity index (χ1n) is 9.60. The average molecular weight is 373 g/mol. The van der Waals surface area contributed by atoms with Crippen molar-refractivity contribution in [3.63, 3.8) is 0 Å². The number of hydrogen-bond acceptors (Lipinski definition) is 3. The van der Waals surface area contributed by atoms with Crippen molar-refractivity contribution in [1.29, 1.82) is 0 Å². The van der Waals surface area contributed by atoms with E-state index < -0.39 is 11.8 Å². The topological polar surface area (TPSA) is 46.5 Å². The van der Waals surface area contributed by atoms with Gasteiger partial charge in [-0.1, -0.05) is 50.2 Å².